The van der Waals surface area contributed by atoms with Gasteiger partial charge in [-0.2, -0.15) is 0 Å². The molecule has 104 valence electrons. The molecule has 0 saturated heterocycles. The van der Waals surface area contributed by atoms with Gasteiger partial charge in [0, 0.05) is 24.6 Å². The molecule has 0 amide bonds. The predicted octanol–water partition coefficient (Wildman–Crippen LogP) is 3.20. The lowest BCUT2D eigenvalue weighted by atomic mass is 10.1. The normalized spacial score (nSPS) is 14.1. The van der Waals surface area contributed by atoms with Gasteiger partial charge in [-0.05, 0) is 17.5 Å². The first-order valence-electron chi connectivity index (χ1n) is 7.06. The monoisotopic (exact) mass is 269 g/mol. The molecule has 0 N–H and O–H groups in total. The molecule has 3 heteroatoms. The summed E-state index contributed by atoms with van der Waals surface area (Å²) in [6.45, 7) is 2.09. The van der Waals surface area contributed by atoms with Crippen molar-refractivity contribution in [1.82, 2.24) is 4.98 Å². The van der Waals surface area contributed by atoms with Gasteiger partial charge in [-0.25, -0.2) is 0 Å². The van der Waals surface area contributed by atoms with Crippen LogP contribution in [0.25, 0.3) is 0 Å². The zero-order valence-corrected chi connectivity index (χ0v) is 11.9. The smallest absolute Gasteiger partial charge is 0.179 e. The number of aromatic nitrogens is 1. The number of aryl methyl sites for hydroxylation is 1. The van der Waals surface area contributed by atoms with Gasteiger partial charge in [0.05, 0.1) is 13.3 Å². The Morgan fingerprint density at radius 3 is 2.45 bits per heavy atom. The van der Waals surface area contributed by atoms with Gasteiger partial charge in [0.25, 0.3) is 0 Å². The van der Waals surface area contributed by atoms with Crippen molar-refractivity contribution in [3.63, 3.8) is 0 Å². The number of fused-ring (bicyclic) bond motifs is 1. The van der Waals surface area contributed by atoms with E-state index in [0.29, 0.717) is 5.75 Å². The van der Waals surface area contributed by atoms with E-state index >= 15 is 0 Å². The van der Waals surface area contributed by atoms with Crippen LogP contribution in [0.4, 0.5) is 0 Å². The van der Waals surface area contributed by atoms with E-state index in [2.05, 4.69) is 36.2 Å². The Labute approximate surface area is 119 Å². The summed E-state index contributed by atoms with van der Waals surface area (Å²) < 4.78 is 11.5. The Morgan fingerprint density at radius 2 is 1.85 bits per heavy atom. The zero-order chi connectivity index (χ0) is 13.9. The number of benzene rings is 1. The maximum Gasteiger partial charge on any atom is 0.179 e. The number of ether oxygens (including phenoxy) is 2. The molecule has 0 radical (unpaired) electrons. The Morgan fingerprint density at radius 1 is 1.15 bits per heavy atom. The maximum atomic E-state index is 6.16. The van der Waals surface area contributed by atoms with E-state index in [-0.39, 0.29) is 6.10 Å². The average molecular weight is 269 g/mol. The minimum atomic E-state index is 0.188. The number of hydrogen-bond acceptors (Lipinski definition) is 3. The van der Waals surface area contributed by atoms with Crippen LogP contribution >= 0.6 is 0 Å². The molecule has 1 aliphatic rings. The number of nitrogens with zero attached hydrogens (tertiary/aromatic N) is 1. The number of methoxy groups -OCH3 is 1. The molecule has 20 heavy (non-hydrogen) atoms. The van der Waals surface area contributed by atoms with Crippen LogP contribution < -0.4 is 9.47 Å². The van der Waals surface area contributed by atoms with E-state index in [0.717, 1.165) is 30.7 Å². The van der Waals surface area contributed by atoms with Crippen molar-refractivity contribution >= 4 is 0 Å². The first kappa shape index (κ1) is 13.0. The summed E-state index contributed by atoms with van der Waals surface area (Å²) in [6.07, 6.45) is 4.75. The van der Waals surface area contributed by atoms with E-state index in [1.54, 1.807) is 13.3 Å². The second-order valence-corrected chi connectivity index (χ2v) is 5.10. The molecule has 1 aromatic heterocycles. The second-order valence-electron chi connectivity index (χ2n) is 5.10. The molecule has 0 saturated carbocycles. The van der Waals surface area contributed by atoms with Crippen molar-refractivity contribution < 1.29 is 9.47 Å². The Balaban J connectivity index is 1.79. The van der Waals surface area contributed by atoms with Crippen molar-refractivity contribution in [3.8, 4) is 11.5 Å². The van der Waals surface area contributed by atoms with Crippen LogP contribution in [0.5, 0.6) is 11.5 Å². The van der Waals surface area contributed by atoms with Crippen LogP contribution in [-0.4, -0.2) is 18.2 Å². The van der Waals surface area contributed by atoms with Gasteiger partial charge < -0.3 is 9.47 Å². The molecule has 1 aromatic carbocycles. The number of hydrogen-bond donors (Lipinski definition) is 0. The standard InChI is InChI=1S/C17H19NO2/c1-3-14-10-16(17(19-2)11-18-14)20-15-8-12-6-4-5-7-13(12)9-15/h4-7,10-11,15H,3,8-9H2,1-2H3. The highest BCUT2D eigenvalue weighted by Gasteiger charge is 2.23. The topological polar surface area (TPSA) is 31.4 Å². The summed E-state index contributed by atoms with van der Waals surface area (Å²) in [4.78, 5) is 4.34. The summed E-state index contributed by atoms with van der Waals surface area (Å²) in [7, 11) is 1.65. The maximum absolute atomic E-state index is 6.16. The molecule has 0 aliphatic heterocycles. The first-order valence-corrected chi connectivity index (χ1v) is 7.06. The van der Waals surface area contributed by atoms with Crippen LogP contribution in [0.3, 0.4) is 0 Å². The van der Waals surface area contributed by atoms with Crippen LogP contribution in [-0.2, 0) is 19.3 Å². The summed E-state index contributed by atoms with van der Waals surface area (Å²) in [6, 6.07) is 10.5. The van der Waals surface area contributed by atoms with Gasteiger partial charge >= 0.3 is 0 Å². The minimum Gasteiger partial charge on any atom is -0.491 e. The highest BCUT2D eigenvalue weighted by Crippen LogP contribution is 2.31. The zero-order valence-electron chi connectivity index (χ0n) is 11.9. The third-order valence-corrected chi connectivity index (χ3v) is 3.78. The lowest BCUT2D eigenvalue weighted by Crippen LogP contribution is -2.17. The fourth-order valence-electron chi connectivity index (χ4n) is 2.69. The molecule has 0 bridgehead atoms. The summed E-state index contributed by atoms with van der Waals surface area (Å²) in [5, 5.41) is 0. The fourth-order valence-corrected chi connectivity index (χ4v) is 2.69. The van der Waals surface area contributed by atoms with Crippen molar-refractivity contribution in [2.24, 2.45) is 0 Å². The lowest BCUT2D eigenvalue weighted by Gasteiger charge is -2.16. The molecule has 1 aliphatic carbocycles. The van der Waals surface area contributed by atoms with E-state index in [9.17, 15) is 0 Å². The fraction of sp³-hybridized carbons (Fsp3) is 0.353. The van der Waals surface area contributed by atoms with Gasteiger partial charge in [-0.15, -0.1) is 0 Å². The first-order chi connectivity index (χ1) is 9.80. The largest absolute Gasteiger partial charge is 0.491 e. The number of rotatable bonds is 4. The van der Waals surface area contributed by atoms with E-state index in [1.807, 2.05) is 6.07 Å². The predicted molar refractivity (Wildman–Crippen MR) is 78.4 cm³/mol. The molecule has 1 heterocycles. The molecular weight excluding hydrogens is 250 g/mol. The third kappa shape index (κ3) is 2.48. The van der Waals surface area contributed by atoms with Crippen molar-refractivity contribution in [1.29, 1.82) is 0 Å². The molecule has 0 atom stereocenters. The van der Waals surface area contributed by atoms with E-state index in [4.69, 9.17) is 9.47 Å². The average Bonchev–Trinajstić information content (AvgIpc) is 2.89. The van der Waals surface area contributed by atoms with E-state index in [1.165, 1.54) is 11.1 Å². The third-order valence-electron chi connectivity index (χ3n) is 3.78. The Kier molecular flexibility index (Phi) is 3.59. The van der Waals surface area contributed by atoms with E-state index < -0.39 is 0 Å². The molecule has 3 nitrogen and oxygen atoms in total. The molecule has 0 unspecified atom stereocenters. The van der Waals surface area contributed by atoms with Crippen molar-refractivity contribution in [2.45, 2.75) is 32.3 Å². The van der Waals surface area contributed by atoms with Gasteiger partial charge in [0.1, 0.15) is 6.10 Å². The lowest BCUT2D eigenvalue weighted by molar-refractivity contribution is 0.203. The quantitative estimate of drug-likeness (QED) is 0.854. The number of pyridine rings is 1. The molecule has 0 fully saturated rings. The van der Waals surface area contributed by atoms with Crippen LogP contribution in [0, 0.1) is 0 Å². The SMILES string of the molecule is CCc1cc(OC2Cc3ccccc3C2)c(OC)cn1. The molecular formula is C17H19NO2. The highest BCUT2D eigenvalue weighted by molar-refractivity contribution is 5.40. The van der Waals surface area contributed by atoms with Gasteiger partial charge in [-0.1, -0.05) is 31.2 Å². The van der Waals surface area contributed by atoms with Gasteiger partial charge in [0.15, 0.2) is 11.5 Å². The Bertz CT molecular complexity index is 585. The summed E-state index contributed by atoms with van der Waals surface area (Å²) in [5.74, 6) is 1.51. The van der Waals surface area contributed by atoms with Gasteiger partial charge in [0.2, 0.25) is 0 Å². The Hall–Kier alpha value is -2.03. The van der Waals surface area contributed by atoms with Crippen LogP contribution in [0.1, 0.15) is 23.7 Å². The molecule has 0 spiro atoms. The molecule has 3 rings (SSSR count). The van der Waals surface area contributed by atoms with Gasteiger partial charge in [-0.3, -0.25) is 4.98 Å². The van der Waals surface area contributed by atoms with Crippen LogP contribution in [0.15, 0.2) is 36.5 Å². The molecule has 2 aromatic rings. The second kappa shape index (κ2) is 5.53. The van der Waals surface area contributed by atoms with Crippen molar-refractivity contribution in [3.05, 3.63) is 53.3 Å². The minimum absolute atomic E-state index is 0.188. The highest BCUT2D eigenvalue weighted by atomic mass is 16.5. The summed E-state index contributed by atoms with van der Waals surface area (Å²) in [5.41, 5.74) is 3.80. The van der Waals surface area contributed by atoms with Crippen LogP contribution in [0.2, 0.25) is 0 Å². The summed E-state index contributed by atoms with van der Waals surface area (Å²) >= 11 is 0. The van der Waals surface area contributed by atoms with Crippen molar-refractivity contribution in [2.75, 3.05) is 7.11 Å².